The van der Waals surface area contributed by atoms with Crippen molar-refractivity contribution in [3.8, 4) is 0 Å². The molecule has 0 spiro atoms. The van der Waals surface area contributed by atoms with E-state index in [2.05, 4.69) is 0 Å². The molecule has 0 heterocycles. The molecule has 3 nitrogen and oxygen atoms in total. The third kappa shape index (κ3) is 2.23. The molecular formula is C13H16FNO2. The molecule has 1 aromatic carbocycles. The Kier molecular flexibility index (Phi) is 3.54. The van der Waals surface area contributed by atoms with Crippen molar-refractivity contribution in [1.82, 2.24) is 0 Å². The Morgan fingerprint density at radius 2 is 2.35 bits per heavy atom. The Labute approximate surface area is 99.8 Å². The van der Waals surface area contributed by atoms with Crippen LogP contribution in [0.15, 0.2) is 18.2 Å². The number of hydrogen-bond donors (Lipinski definition) is 1. The fraction of sp³-hybridized carbons (Fsp3) is 0.462. The molecule has 2 rings (SSSR count). The normalized spacial score (nSPS) is 20.4. The number of Topliss-reactive ketones (excluding diaryl/α,β-unsaturated/α-hetero) is 1. The predicted molar refractivity (Wildman–Crippen MR) is 62.4 cm³/mol. The number of ketones is 1. The van der Waals surface area contributed by atoms with Gasteiger partial charge in [-0.3, -0.25) is 4.79 Å². The number of benzene rings is 1. The first-order chi connectivity index (χ1) is 8.15. The van der Waals surface area contributed by atoms with Crippen molar-refractivity contribution in [1.29, 1.82) is 0 Å². The van der Waals surface area contributed by atoms with Gasteiger partial charge in [0.2, 0.25) is 0 Å². The summed E-state index contributed by atoms with van der Waals surface area (Å²) < 4.78 is 18.5. The van der Waals surface area contributed by atoms with Crippen molar-refractivity contribution in [2.24, 2.45) is 11.7 Å². The van der Waals surface area contributed by atoms with E-state index in [4.69, 9.17) is 10.5 Å². The maximum absolute atomic E-state index is 13.5. The molecule has 2 unspecified atom stereocenters. The number of carbonyl (C=O) groups excluding carboxylic acids is 1. The summed E-state index contributed by atoms with van der Waals surface area (Å²) in [6.07, 6.45) is 1.02. The van der Waals surface area contributed by atoms with Crippen LogP contribution in [0.25, 0.3) is 0 Å². The average Bonchev–Trinajstić information content (AvgIpc) is 2.66. The molecule has 0 saturated heterocycles. The van der Waals surface area contributed by atoms with Crippen LogP contribution in [0, 0.1) is 11.7 Å². The number of halogens is 1. The standard InChI is InChI=1S/C13H16FNO2/c1-17-6-5-12(15)10-7-9-8(13(10)16)3-2-4-11(9)14/h2-4,10,12H,5-7,15H2,1H3. The number of nitrogens with two attached hydrogens (primary N) is 1. The largest absolute Gasteiger partial charge is 0.385 e. The van der Waals surface area contributed by atoms with Gasteiger partial charge in [-0.2, -0.15) is 0 Å². The van der Waals surface area contributed by atoms with Gasteiger partial charge in [-0.25, -0.2) is 4.39 Å². The minimum Gasteiger partial charge on any atom is -0.385 e. The monoisotopic (exact) mass is 237 g/mol. The highest BCUT2D eigenvalue weighted by atomic mass is 19.1. The molecule has 1 aromatic rings. The zero-order chi connectivity index (χ0) is 12.4. The van der Waals surface area contributed by atoms with E-state index in [1.54, 1.807) is 19.2 Å². The quantitative estimate of drug-likeness (QED) is 0.864. The fourth-order valence-electron chi connectivity index (χ4n) is 2.31. The summed E-state index contributed by atoms with van der Waals surface area (Å²) in [7, 11) is 1.59. The third-order valence-electron chi connectivity index (χ3n) is 3.32. The van der Waals surface area contributed by atoms with Crippen LogP contribution >= 0.6 is 0 Å². The van der Waals surface area contributed by atoms with E-state index in [0.29, 0.717) is 30.6 Å². The van der Waals surface area contributed by atoms with Crippen molar-refractivity contribution < 1.29 is 13.9 Å². The van der Waals surface area contributed by atoms with Gasteiger partial charge in [-0.15, -0.1) is 0 Å². The van der Waals surface area contributed by atoms with Gasteiger partial charge in [0.25, 0.3) is 0 Å². The number of hydrogen-bond acceptors (Lipinski definition) is 3. The molecule has 0 fully saturated rings. The molecule has 17 heavy (non-hydrogen) atoms. The molecule has 1 aliphatic rings. The summed E-state index contributed by atoms with van der Waals surface area (Å²) in [6.45, 7) is 0.518. The number of ether oxygens (including phenoxy) is 1. The van der Waals surface area contributed by atoms with Gasteiger partial charge in [0.1, 0.15) is 5.82 Å². The van der Waals surface area contributed by atoms with E-state index in [-0.39, 0.29) is 23.6 Å². The van der Waals surface area contributed by atoms with E-state index in [9.17, 15) is 9.18 Å². The van der Waals surface area contributed by atoms with Crippen LogP contribution in [0.3, 0.4) is 0 Å². The summed E-state index contributed by atoms with van der Waals surface area (Å²) in [5.41, 5.74) is 6.96. The predicted octanol–water partition coefficient (Wildman–Crippen LogP) is 1.54. The Morgan fingerprint density at radius 3 is 3.00 bits per heavy atom. The van der Waals surface area contributed by atoms with E-state index in [0.717, 1.165) is 0 Å². The Bertz CT molecular complexity index is 433. The molecule has 0 aromatic heterocycles. The summed E-state index contributed by atoms with van der Waals surface area (Å²) in [5, 5.41) is 0. The van der Waals surface area contributed by atoms with Crippen molar-refractivity contribution in [2.45, 2.75) is 18.9 Å². The van der Waals surface area contributed by atoms with Gasteiger partial charge >= 0.3 is 0 Å². The Hall–Kier alpha value is -1.26. The number of methoxy groups -OCH3 is 1. The molecule has 0 aliphatic heterocycles. The molecule has 1 aliphatic carbocycles. The van der Waals surface area contributed by atoms with Gasteiger partial charge in [0.05, 0.1) is 0 Å². The van der Waals surface area contributed by atoms with Crippen LogP contribution in [0.5, 0.6) is 0 Å². The molecule has 0 saturated carbocycles. The molecule has 92 valence electrons. The molecule has 0 bridgehead atoms. The molecule has 2 atom stereocenters. The van der Waals surface area contributed by atoms with Crippen LogP contribution in [-0.2, 0) is 11.2 Å². The molecule has 2 N–H and O–H groups in total. The zero-order valence-corrected chi connectivity index (χ0v) is 9.78. The first kappa shape index (κ1) is 12.2. The average molecular weight is 237 g/mol. The fourth-order valence-corrected chi connectivity index (χ4v) is 2.31. The Morgan fingerprint density at radius 1 is 1.59 bits per heavy atom. The number of carbonyl (C=O) groups is 1. The maximum Gasteiger partial charge on any atom is 0.168 e. The van der Waals surface area contributed by atoms with Gasteiger partial charge in [-0.05, 0) is 24.5 Å². The SMILES string of the molecule is COCCC(N)C1Cc2c(F)cccc2C1=O. The smallest absolute Gasteiger partial charge is 0.168 e. The van der Waals surface area contributed by atoms with Crippen LogP contribution < -0.4 is 5.73 Å². The summed E-state index contributed by atoms with van der Waals surface area (Å²) in [5.74, 6) is -0.655. The van der Waals surface area contributed by atoms with Crippen LogP contribution in [0.1, 0.15) is 22.3 Å². The topological polar surface area (TPSA) is 52.3 Å². The second kappa shape index (κ2) is 4.94. The van der Waals surface area contributed by atoms with E-state index >= 15 is 0 Å². The zero-order valence-electron chi connectivity index (χ0n) is 9.78. The van der Waals surface area contributed by atoms with Gasteiger partial charge in [0.15, 0.2) is 5.78 Å². The number of rotatable bonds is 4. The minimum atomic E-state index is -0.308. The highest BCUT2D eigenvalue weighted by Crippen LogP contribution is 2.30. The number of fused-ring (bicyclic) bond motifs is 1. The van der Waals surface area contributed by atoms with Gasteiger partial charge < -0.3 is 10.5 Å². The van der Waals surface area contributed by atoms with E-state index in [1.807, 2.05) is 0 Å². The second-order valence-electron chi connectivity index (χ2n) is 4.39. The first-order valence-corrected chi connectivity index (χ1v) is 5.71. The maximum atomic E-state index is 13.5. The molecule has 0 amide bonds. The molecular weight excluding hydrogens is 221 g/mol. The lowest BCUT2D eigenvalue weighted by Crippen LogP contribution is -2.34. The van der Waals surface area contributed by atoms with Crippen LogP contribution in [0.2, 0.25) is 0 Å². The summed E-state index contributed by atoms with van der Waals surface area (Å²) >= 11 is 0. The first-order valence-electron chi connectivity index (χ1n) is 5.71. The minimum absolute atomic E-state index is 0.0388. The van der Waals surface area contributed by atoms with Crippen molar-refractivity contribution in [2.75, 3.05) is 13.7 Å². The summed E-state index contributed by atoms with van der Waals surface area (Å²) in [4.78, 5) is 12.1. The van der Waals surface area contributed by atoms with Crippen molar-refractivity contribution in [3.63, 3.8) is 0 Å². The highest BCUT2D eigenvalue weighted by molar-refractivity contribution is 6.02. The van der Waals surface area contributed by atoms with Crippen LogP contribution in [-0.4, -0.2) is 25.5 Å². The van der Waals surface area contributed by atoms with Crippen molar-refractivity contribution in [3.05, 3.63) is 35.1 Å². The lowest BCUT2D eigenvalue weighted by atomic mass is 9.94. The molecule has 4 heteroatoms. The lowest BCUT2D eigenvalue weighted by molar-refractivity contribution is 0.0905. The van der Waals surface area contributed by atoms with E-state index < -0.39 is 0 Å². The lowest BCUT2D eigenvalue weighted by Gasteiger charge is -2.16. The Balaban J connectivity index is 2.17. The van der Waals surface area contributed by atoms with Crippen LogP contribution in [0.4, 0.5) is 4.39 Å². The van der Waals surface area contributed by atoms with Gasteiger partial charge in [0, 0.05) is 31.2 Å². The summed E-state index contributed by atoms with van der Waals surface area (Å²) in [6, 6.07) is 4.35. The third-order valence-corrected chi connectivity index (χ3v) is 3.32. The molecule has 0 radical (unpaired) electrons. The van der Waals surface area contributed by atoms with Crippen molar-refractivity contribution >= 4 is 5.78 Å². The van der Waals surface area contributed by atoms with E-state index in [1.165, 1.54) is 6.07 Å². The van der Waals surface area contributed by atoms with Gasteiger partial charge in [-0.1, -0.05) is 12.1 Å². The highest BCUT2D eigenvalue weighted by Gasteiger charge is 2.35. The second-order valence-corrected chi connectivity index (χ2v) is 4.39.